The van der Waals surface area contributed by atoms with E-state index in [9.17, 15) is 0 Å². The van der Waals surface area contributed by atoms with Crippen molar-refractivity contribution in [1.82, 2.24) is 4.90 Å². The molecule has 14 heavy (non-hydrogen) atoms. The zero-order valence-electron chi connectivity index (χ0n) is 8.57. The Kier molecular flexibility index (Phi) is 4.26. The van der Waals surface area contributed by atoms with Crippen LogP contribution in [-0.4, -0.2) is 36.3 Å². The smallest absolute Gasteiger partial charge is 0.108 e. The molecular formula is C11H17NO2. The number of ether oxygens (including phenoxy) is 1. The van der Waals surface area contributed by atoms with Gasteiger partial charge in [0.05, 0.1) is 13.2 Å². The quantitative estimate of drug-likeness (QED) is 0.551. The van der Waals surface area contributed by atoms with E-state index in [0.29, 0.717) is 0 Å². The first-order valence-corrected chi connectivity index (χ1v) is 4.79. The topological polar surface area (TPSA) is 32.7 Å². The predicted molar refractivity (Wildman–Crippen MR) is 57.1 cm³/mol. The summed E-state index contributed by atoms with van der Waals surface area (Å²) in [4.78, 5) is 2.23. The molecule has 0 aliphatic carbocycles. The third kappa shape index (κ3) is 3.26. The first-order chi connectivity index (χ1) is 6.74. The Hall–Kier alpha value is -1.22. The normalized spacial score (nSPS) is 18.9. The summed E-state index contributed by atoms with van der Waals surface area (Å²) in [7, 11) is 0. The van der Waals surface area contributed by atoms with Gasteiger partial charge in [-0.15, -0.1) is 0 Å². The highest BCUT2D eigenvalue weighted by Gasteiger charge is 2.10. The molecule has 3 nitrogen and oxygen atoms in total. The van der Waals surface area contributed by atoms with Crippen molar-refractivity contribution < 1.29 is 9.84 Å². The van der Waals surface area contributed by atoms with Crippen molar-refractivity contribution in [3.8, 4) is 0 Å². The van der Waals surface area contributed by atoms with Crippen LogP contribution in [-0.2, 0) is 4.74 Å². The molecule has 0 radical (unpaired) electrons. The highest BCUT2D eigenvalue weighted by molar-refractivity contribution is 5.22. The third-order valence-corrected chi connectivity index (χ3v) is 2.12. The molecule has 3 heteroatoms. The van der Waals surface area contributed by atoms with Gasteiger partial charge in [-0.3, -0.25) is 0 Å². The fourth-order valence-corrected chi connectivity index (χ4v) is 1.39. The number of aliphatic hydroxyl groups excluding tert-OH is 1. The average Bonchev–Trinajstić information content (AvgIpc) is 2.20. The summed E-state index contributed by atoms with van der Waals surface area (Å²) in [6, 6.07) is 0. The predicted octanol–water partition coefficient (Wildman–Crippen LogP) is 1.85. The molecule has 1 rings (SSSR count). The monoisotopic (exact) mass is 195 g/mol. The van der Waals surface area contributed by atoms with Gasteiger partial charge in [0.1, 0.15) is 5.76 Å². The zero-order valence-corrected chi connectivity index (χ0v) is 8.57. The van der Waals surface area contributed by atoms with Gasteiger partial charge in [0.15, 0.2) is 0 Å². The average molecular weight is 195 g/mol. The second-order valence-corrected chi connectivity index (χ2v) is 3.14. The maximum absolute atomic E-state index is 8.94. The van der Waals surface area contributed by atoms with Gasteiger partial charge >= 0.3 is 0 Å². The van der Waals surface area contributed by atoms with Crippen LogP contribution in [0.15, 0.2) is 36.3 Å². The van der Waals surface area contributed by atoms with Crippen LogP contribution in [0, 0.1) is 0 Å². The van der Waals surface area contributed by atoms with Crippen molar-refractivity contribution in [3.05, 3.63) is 36.3 Å². The summed E-state index contributed by atoms with van der Waals surface area (Å²) >= 11 is 0. The van der Waals surface area contributed by atoms with E-state index in [0.717, 1.165) is 32.0 Å². The van der Waals surface area contributed by atoms with Crippen molar-refractivity contribution in [3.63, 3.8) is 0 Å². The van der Waals surface area contributed by atoms with Gasteiger partial charge in [0.25, 0.3) is 0 Å². The van der Waals surface area contributed by atoms with Crippen molar-refractivity contribution in [2.75, 3.05) is 26.3 Å². The van der Waals surface area contributed by atoms with Crippen LogP contribution >= 0.6 is 0 Å². The minimum absolute atomic E-state index is 0.0811. The molecule has 1 saturated heterocycles. The first kappa shape index (κ1) is 10.9. The summed E-state index contributed by atoms with van der Waals surface area (Å²) in [6.07, 6.45) is 5.49. The standard InChI is InChI=1S/C11H17NO2/c1-3-11(5-4-10(2)13)12-6-8-14-9-7-12/h3-5,13H,2,6-9H2,1H3/b5-4-,11-3+. The second-order valence-electron chi connectivity index (χ2n) is 3.14. The number of nitrogens with zero attached hydrogens (tertiary/aromatic N) is 1. The van der Waals surface area contributed by atoms with E-state index < -0.39 is 0 Å². The summed E-state index contributed by atoms with van der Waals surface area (Å²) in [5.74, 6) is 0.0811. The van der Waals surface area contributed by atoms with Gasteiger partial charge in [-0.05, 0) is 19.1 Å². The molecule has 1 aliphatic heterocycles. The van der Waals surface area contributed by atoms with E-state index >= 15 is 0 Å². The van der Waals surface area contributed by atoms with Gasteiger partial charge in [-0.2, -0.15) is 0 Å². The lowest BCUT2D eigenvalue weighted by molar-refractivity contribution is 0.0553. The molecule has 1 aliphatic rings. The number of hydrogen-bond acceptors (Lipinski definition) is 3. The molecule has 0 aromatic carbocycles. The Bertz CT molecular complexity index is 250. The Morgan fingerprint density at radius 2 is 2.00 bits per heavy atom. The van der Waals surface area contributed by atoms with Gasteiger partial charge < -0.3 is 14.7 Å². The molecule has 0 amide bonds. The van der Waals surface area contributed by atoms with Crippen LogP contribution in [0.3, 0.4) is 0 Å². The minimum atomic E-state index is 0.0811. The van der Waals surface area contributed by atoms with E-state index in [1.807, 2.05) is 19.1 Å². The number of rotatable bonds is 3. The fourth-order valence-electron chi connectivity index (χ4n) is 1.39. The molecule has 0 atom stereocenters. The highest BCUT2D eigenvalue weighted by Crippen LogP contribution is 2.09. The maximum Gasteiger partial charge on any atom is 0.108 e. The number of allylic oxidation sites excluding steroid dienone is 3. The molecule has 0 aromatic rings. The SMILES string of the molecule is C=C(O)/C=C\C(=C/C)N1CCOCC1. The summed E-state index contributed by atoms with van der Waals surface area (Å²) in [6.45, 7) is 8.73. The van der Waals surface area contributed by atoms with E-state index in [4.69, 9.17) is 9.84 Å². The fraction of sp³-hybridized carbons (Fsp3) is 0.455. The molecule has 0 bridgehead atoms. The van der Waals surface area contributed by atoms with Gasteiger partial charge in [-0.25, -0.2) is 0 Å². The van der Waals surface area contributed by atoms with Crippen molar-refractivity contribution >= 4 is 0 Å². The summed E-state index contributed by atoms with van der Waals surface area (Å²) in [5, 5.41) is 8.94. The van der Waals surface area contributed by atoms with E-state index in [1.54, 1.807) is 6.08 Å². The lowest BCUT2D eigenvalue weighted by atomic mass is 10.3. The van der Waals surface area contributed by atoms with Crippen LogP contribution in [0.2, 0.25) is 0 Å². The van der Waals surface area contributed by atoms with Gasteiger partial charge in [0.2, 0.25) is 0 Å². The van der Waals surface area contributed by atoms with Crippen molar-refractivity contribution in [2.24, 2.45) is 0 Å². The minimum Gasteiger partial charge on any atom is -0.509 e. The number of aliphatic hydroxyl groups is 1. The molecule has 0 unspecified atom stereocenters. The van der Waals surface area contributed by atoms with Crippen LogP contribution in [0.1, 0.15) is 6.92 Å². The highest BCUT2D eigenvalue weighted by atomic mass is 16.5. The van der Waals surface area contributed by atoms with E-state index in [-0.39, 0.29) is 5.76 Å². The van der Waals surface area contributed by atoms with Crippen LogP contribution in [0.5, 0.6) is 0 Å². The van der Waals surface area contributed by atoms with Crippen LogP contribution in [0.25, 0.3) is 0 Å². The zero-order chi connectivity index (χ0) is 10.4. The molecule has 0 aromatic heterocycles. The summed E-state index contributed by atoms with van der Waals surface area (Å²) in [5.41, 5.74) is 1.10. The third-order valence-electron chi connectivity index (χ3n) is 2.12. The molecule has 0 saturated carbocycles. The molecular weight excluding hydrogens is 178 g/mol. The maximum atomic E-state index is 8.94. The first-order valence-electron chi connectivity index (χ1n) is 4.79. The molecule has 78 valence electrons. The Morgan fingerprint density at radius 3 is 2.50 bits per heavy atom. The van der Waals surface area contributed by atoms with Gasteiger partial charge in [0, 0.05) is 18.8 Å². The largest absolute Gasteiger partial charge is 0.509 e. The lowest BCUT2D eigenvalue weighted by Gasteiger charge is -2.29. The van der Waals surface area contributed by atoms with Gasteiger partial charge in [-0.1, -0.05) is 12.7 Å². The molecule has 1 N–H and O–H groups in total. The second kappa shape index (κ2) is 5.50. The Balaban J connectivity index is 2.57. The number of morpholine rings is 1. The summed E-state index contributed by atoms with van der Waals surface area (Å²) < 4.78 is 5.26. The van der Waals surface area contributed by atoms with Crippen molar-refractivity contribution in [1.29, 1.82) is 0 Å². The lowest BCUT2D eigenvalue weighted by Crippen LogP contribution is -2.35. The van der Waals surface area contributed by atoms with E-state index in [2.05, 4.69) is 11.5 Å². The Morgan fingerprint density at radius 1 is 1.36 bits per heavy atom. The Labute approximate surface area is 85.0 Å². The van der Waals surface area contributed by atoms with E-state index in [1.165, 1.54) is 0 Å². The molecule has 0 spiro atoms. The number of hydrogen-bond donors (Lipinski definition) is 1. The van der Waals surface area contributed by atoms with Crippen molar-refractivity contribution in [2.45, 2.75) is 6.92 Å². The van der Waals surface area contributed by atoms with Crippen LogP contribution in [0.4, 0.5) is 0 Å². The molecule has 1 fully saturated rings. The molecule has 1 heterocycles. The van der Waals surface area contributed by atoms with Crippen LogP contribution < -0.4 is 0 Å².